The fourth-order valence-corrected chi connectivity index (χ4v) is 6.06. The predicted octanol–water partition coefficient (Wildman–Crippen LogP) is 7.74. The van der Waals surface area contributed by atoms with E-state index >= 15 is 0 Å². The fourth-order valence-electron chi connectivity index (χ4n) is 5.27. The van der Waals surface area contributed by atoms with Crippen LogP contribution in [0.3, 0.4) is 0 Å². The molecule has 4 aromatic carbocycles. The highest BCUT2D eigenvalue weighted by Crippen LogP contribution is 2.38. The number of nitrogens with one attached hydrogen (secondary N) is 2. The number of hydrogen-bond donors (Lipinski definition) is 2. The Morgan fingerprint density at radius 3 is 2.32 bits per heavy atom. The molecule has 1 aliphatic rings. The van der Waals surface area contributed by atoms with E-state index in [1.165, 1.54) is 11.1 Å². The molecule has 1 atom stereocenters. The molecule has 0 spiro atoms. The lowest BCUT2D eigenvalue weighted by Crippen LogP contribution is -2.31. The second kappa shape index (κ2) is 13.2. The highest BCUT2D eigenvalue weighted by Gasteiger charge is 2.34. The highest BCUT2D eigenvalue weighted by atomic mass is 32.2. The van der Waals surface area contributed by atoms with E-state index in [1.807, 2.05) is 104 Å². The smallest absolute Gasteiger partial charge is 0.255 e. The second-order valence-corrected chi connectivity index (χ2v) is 11.8. The van der Waals surface area contributed by atoms with Crippen molar-refractivity contribution in [3.05, 3.63) is 142 Å². The monoisotopic (exact) mass is 601 g/mol. The van der Waals surface area contributed by atoms with Gasteiger partial charge in [0.05, 0.1) is 12.2 Å². The van der Waals surface area contributed by atoms with Crippen LogP contribution in [0.15, 0.2) is 120 Å². The molecule has 0 fully saturated rings. The number of anilines is 2. The molecular weight excluding hydrogens is 566 g/mol. The molecule has 1 unspecified atom stereocenters. The molecule has 5 aromatic rings. The van der Waals surface area contributed by atoms with E-state index in [9.17, 15) is 4.79 Å². The van der Waals surface area contributed by atoms with Crippen molar-refractivity contribution in [1.82, 2.24) is 14.8 Å². The number of carbonyl (C=O) groups is 1. The average molecular weight is 602 g/mol. The number of ether oxygens (including phenoxy) is 1. The van der Waals surface area contributed by atoms with Crippen LogP contribution in [0.5, 0.6) is 5.75 Å². The molecule has 8 heteroatoms. The first-order valence-electron chi connectivity index (χ1n) is 14.7. The average Bonchev–Trinajstić information content (AvgIpc) is 3.45. The first kappa shape index (κ1) is 29.3. The van der Waals surface area contributed by atoms with Gasteiger partial charge in [-0.1, -0.05) is 96.7 Å². The Labute approximate surface area is 262 Å². The standard InChI is InChI=1S/C36H35N5O2S/c1-24-11-10-16-31(25(24)2)38-34(42)32-26(3)37-35-39-36(44-23-28-14-8-5-9-15-28)40-41(35)33(32)29-17-19-30(20-18-29)43-22-21-27-12-6-4-7-13-27/h4-20,33H,21-23H2,1-3H3,(H,38,42)(H,37,39,40). The molecule has 1 aliphatic heterocycles. The minimum Gasteiger partial charge on any atom is -0.493 e. The van der Waals surface area contributed by atoms with E-state index in [-0.39, 0.29) is 5.91 Å². The van der Waals surface area contributed by atoms with E-state index < -0.39 is 6.04 Å². The van der Waals surface area contributed by atoms with Gasteiger partial charge in [0.15, 0.2) is 0 Å². The number of amides is 1. The van der Waals surface area contributed by atoms with Crippen LogP contribution < -0.4 is 15.4 Å². The lowest BCUT2D eigenvalue weighted by Gasteiger charge is -2.29. The van der Waals surface area contributed by atoms with Gasteiger partial charge >= 0.3 is 0 Å². The SMILES string of the molecule is CC1=C(C(=O)Nc2cccc(C)c2C)C(c2ccc(OCCc3ccccc3)cc2)n2nc(SCc3ccccc3)nc2N1. The Kier molecular flexibility index (Phi) is 8.79. The van der Waals surface area contributed by atoms with Crippen LogP contribution in [0.4, 0.5) is 11.6 Å². The van der Waals surface area contributed by atoms with Gasteiger partial charge in [0, 0.05) is 23.6 Å². The fraction of sp³-hybridized carbons (Fsp3) is 0.194. The number of carbonyl (C=O) groups excluding carboxylic acids is 1. The molecule has 1 amide bonds. The lowest BCUT2D eigenvalue weighted by molar-refractivity contribution is -0.113. The predicted molar refractivity (Wildman–Crippen MR) is 177 cm³/mol. The molecular formula is C36H35N5O2S. The van der Waals surface area contributed by atoms with E-state index in [2.05, 4.69) is 34.9 Å². The van der Waals surface area contributed by atoms with E-state index in [4.69, 9.17) is 14.8 Å². The maximum atomic E-state index is 14.0. The van der Waals surface area contributed by atoms with Crippen molar-refractivity contribution in [3.63, 3.8) is 0 Å². The van der Waals surface area contributed by atoms with Gasteiger partial charge < -0.3 is 15.4 Å². The number of aromatic nitrogens is 3. The summed E-state index contributed by atoms with van der Waals surface area (Å²) in [7, 11) is 0. The summed E-state index contributed by atoms with van der Waals surface area (Å²) in [6, 6.07) is 33.9. The molecule has 0 saturated heterocycles. The number of allylic oxidation sites excluding steroid dienone is 1. The van der Waals surface area contributed by atoms with Gasteiger partial charge in [0.2, 0.25) is 11.1 Å². The number of benzene rings is 4. The van der Waals surface area contributed by atoms with Crippen molar-refractivity contribution >= 4 is 29.3 Å². The molecule has 1 aromatic heterocycles. The Morgan fingerprint density at radius 1 is 0.886 bits per heavy atom. The van der Waals surface area contributed by atoms with Crippen molar-refractivity contribution in [3.8, 4) is 5.75 Å². The maximum Gasteiger partial charge on any atom is 0.255 e. The first-order valence-corrected chi connectivity index (χ1v) is 15.7. The quantitative estimate of drug-likeness (QED) is 0.159. The Bertz CT molecular complexity index is 1780. The van der Waals surface area contributed by atoms with Crippen molar-refractivity contribution in [1.29, 1.82) is 0 Å². The highest BCUT2D eigenvalue weighted by molar-refractivity contribution is 7.98. The molecule has 0 bridgehead atoms. The summed E-state index contributed by atoms with van der Waals surface area (Å²) in [6.07, 6.45) is 0.827. The number of rotatable bonds is 10. The molecule has 44 heavy (non-hydrogen) atoms. The zero-order valence-corrected chi connectivity index (χ0v) is 25.9. The largest absolute Gasteiger partial charge is 0.493 e. The zero-order valence-electron chi connectivity index (χ0n) is 25.1. The summed E-state index contributed by atoms with van der Waals surface area (Å²) in [5.41, 5.74) is 7.61. The normalized spacial score (nSPS) is 14.1. The summed E-state index contributed by atoms with van der Waals surface area (Å²) in [6.45, 7) is 6.56. The topological polar surface area (TPSA) is 81.1 Å². The molecule has 0 saturated carbocycles. The molecule has 2 N–H and O–H groups in total. The number of nitrogens with zero attached hydrogens (tertiary/aromatic N) is 3. The van der Waals surface area contributed by atoms with Crippen LogP contribution in [0, 0.1) is 13.8 Å². The molecule has 2 heterocycles. The molecule has 7 nitrogen and oxygen atoms in total. The lowest BCUT2D eigenvalue weighted by atomic mass is 9.94. The minimum atomic E-state index is -0.478. The van der Waals surface area contributed by atoms with E-state index in [0.717, 1.165) is 46.0 Å². The van der Waals surface area contributed by atoms with Gasteiger partial charge in [-0.25, -0.2) is 4.68 Å². The molecule has 222 valence electrons. The maximum absolute atomic E-state index is 14.0. The summed E-state index contributed by atoms with van der Waals surface area (Å²) < 4.78 is 7.88. The van der Waals surface area contributed by atoms with Crippen molar-refractivity contribution < 1.29 is 9.53 Å². The van der Waals surface area contributed by atoms with Crippen LogP contribution in [-0.2, 0) is 17.0 Å². The van der Waals surface area contributed by atoms with Crippen molar-refractivity contribution in [2.75, 3.05) is 17.2 Å². The van der Waals surface area contributed by atoms with Crippen molar-refractivity contribution in [2.45, 2.75) is 44.1 Å². The van der Waals surface area contributed by atoms with Crippen LogP contribution in [0.1, 0.15) is 40.8 Å². The second-order valence-electron chi connectivity index (χ2n) is 10.9. The van der Waals surface area contributed by atoms with Crippen molar-refractivity contribution in [2.24, 2.45) is 0 Å². The molecule has 0 aliphatic carbocycles. The molecule has 0 radical (unpaired) electrons. The van der Waals surface area contributed by atoms with Crippen LogP contribution >= 0.6 is 11.8 Å². The van der Waals surface area contributed by atoms with E-state index in [0.29, 0.717) is 23.3 Å². The van der Waals surface area contributed by atoms with E-state index in [1.54, 1.807) is 11.8 Å². The van der Waals surface area contributed by atoms with Gasteiger partial charge in [-0.3, -0.25) is 4.79 Å². The summed E-state index contributed by atoms with van der Waals surface area (Å²) in [5, 5.41) is 12.0. The summed E-state index contributed by atoms with van der Waals surface area (Å²) in [5.74, 6) is 1.95. The number of hydrogen-bond acceptors (Lipinski definition) is 6. The third kappa shape index (κ3) is 6.55. The zero-order chi connectivity index (χ0) is 30.5. The third-order valence-electron chi connectivity index (χ3n) is 7.84. The van der Waals surface area contributed by atoms with Gasteiger partial charge in [-0.15, -0.1) is 5.10 Å². The summed E-state index contributed by atoms with van der Waals surface area (Å²) in [4.78, 5) is 18.8. The van der Waals surface area contributed by atoms with Gasteiger partial charge in [-0.2, -0.15) is 4.98 Å². The van der Waals surface area contributed by atoms with Crippen LogP contribution in [0.25, 0.3) is 0 Å². The van der Waals surface area contributed by atoms with Gasteiger partial charge in [0.25, 0.3) is 5.91 Å². The first-order chi connectivity index (χ1) is 21.5. The third-order valence-corrected chi connectivity index (χ3v) is 8.75. The Hall–Kier alpha value is -4.82. The van der Waals surface area contributed by atoms with Gasteiger partial charge in [0.1, 0.15) is 11.8 Å². The Morgan fingerprint density at radius 2 is 1.59 bits per heavy atom. The Balaban J connectivity index is 1.28. The minimum absolute atomic E-state index is 0.184. The summed E-state index contributed by atoms with van der Waals surface area (Å²) >= 11 is 1.57. The van der Waals surface area contributed by atoms with Gasteiger partial charge in [-0.05, 0) is 66.8 Å². The number of thioether (sulfide) groups is 1. The molecule has 6 rings (SSSR count). The number of aryl methyl sites for hydroxylation is 1. The van der Waals surface area contributed by atoms with Crippen LogP contribution in [-0.4, -0.2) is 27.3 Å². The number of fused-ring (bicyclic) bond motifs is 1. The van der Waals surface area contributed by atoms with Crippen LogP contribution in [0.2, 0.25) is 0 Å².